The molecule has 0 saturated heterocycles. The number of nitrogens with zero attached hydrogens (tertiary/aromatic N) is 1. The van der Waals surface area contributed by atoms with Gasteiger partial charge in [-0.05, 0) is 55.5 Å². The fraction of sp³-hybridized carbons (Fsp3) is 0.267. The first-order chi connectivity index (χ1) is 8.18. The highest BCUT2D eigenvalue weighted by Gasteiger charge is 2.01. The Balaban J connectivity index is 2.12. The van der Waals surface area contributed by atoms with Crippen molar-refractivity contribution in [3.8, 4) is 0 Å². The molecular formula is C15H18N2. The predicted octanol–water partition coefficient (Wildman–Crippen LogP) is 3.59. The zero-order chi connectivity index (χ0) is 12.3. The van der Waals surface area contributed by atoms with Gasteiger partial charge in [0.15, 0.2) is 0 Å². The largest absolute Gasteiger partial charge is 0.345 e. The highest BCUT2D eigenvalue weighted by atomic mass is 14.8. The SMILES string of the molecule is Cc1ccc(C/C=C/c2cnc[nH]2)c(C)c1C. The molecule has 0 saturated carbocycles. The van der Waals surface area contributed by atoms with Crippen molar-refractivity contribution in [1.29, 1.82) is 0 Å². The van der Waals surface area contributed by atoms with Gasteiger partial charge in [-0.2, -0.15) is 0 Å². The molecule has 0 bridgehead atoms. The van der Waals surface area contributed by atoms with Crippen molar-refractivity contribution in [2.24, 2.45) is 0 Å². The molecule has 1 N–H and O–H groups in total. The highest BCUT2D eigenvalue weighted by molar-refractivity contribution is 5.45. The number of imidazole rings is 1. The summed E-state index contributed by atoms with van der Waals surface area (Å²) in [6, 6.07) is 4.41. The maximum atomic E-state index is 3.98. The summed E-state index contributed by atoms with van der Waals surface area (Å²) < 4.78 is 0. The van der Waals surface area contributed by atoms with Gasteiger partial charge in [0.2, 0.25) is 0 Å². The van der Waals surface area contributed by atoms with Crippen molar-refractivity contribution in [2.75, 3.05) is 0 Å². The lowest BCUT2D eigenvalue weighted by atomic mass is 9.97. The lowest BCUT2D eigenvalue weighted by Crippen LogP contribution is -1.93. The smallest absolute Gasteiger partial charge is 0.0924 e. The second kappa shape index (κ2) is 5.00. The van der Waals surface area contributed by atoms with Crippen LogP contribution in [0, 0.1) is 20.8 Å². The van der Waals surface area contributed by atoms with E-state index in [0.29, 0.717) is 0 Å². The monoisotopic (exact) mass is 226 g/mol. The Morgan fingerprint density at radius 2 is 2.00 bits per heavy atom. The molecule has 0 fully saturated rings. The summed E-state index contributed by atoms with van der Waals surface area (Å²) in [7, 11) is 0. The van der Waals surface area contributed by atoms with Gasteiger partial charge in [0.1, 0.15) is 0 Å². The number of H-pyrrole nitrogens is 1. The van der Waals surface area contributed by atoms with Crippen LogP contribution in [-0.2, 0) is 6.42 Å². The maximum Gasteiger partial charge on any atom is 0.0924 e. The molecule has 0 aliphatic heterocycles. The van der Waals surface area contributed by atoms with E-state index in [9.17, 15) is 0 Å². The minimum absolute atomic E-state index is 0.964. The average molecular weight is 226 g/mol. The number of rotatable bonds is 3. The normalized spacial score (nSPS) is 11.2. The summed E-state index contributed by atoms with van der Waals surface area (Å²) >= 11 is 0. The molecule has 0 radical (unpaired) electrons. The van der Waals surface area contributed by atoms with E-state index in [1.54, 1.807) is 6.33 Å². The van der Waals surface area contributed by atoms with Gasteiger partial charge in [0, 0.05) is 0 Å². The lowest BCUT2D eigenvalue weighted by molar-refractivity contribution is 1.16. The molecule has 0 unspecified atom stereocenters. The van der Waals surface area contributed by atoms with Crippen LogP contribution in [0.2, 0.25) is 0 Å². The van der Waals surface area contributed by atoms with E-state index in [0.717, 1.165) is 12.1 Å². The number of allylic oxidation sites excluding steroid dienone is 1. The molecule has 0 spiro atoms. The number of hydrogen-bond donors (Lipinski definition) is 1. The van der Waals surface area contributed by atoms with Gasteiger partial charge in [0.25, 0.3) is 0 Å². The summed E-state index contributed by atoms with van der Waals surface area (Å²) in [6.45, 7) is 6.54. The molecule has 88 valence electrons. The van der Waals surface area contributed by atoms with Crippen molar-refractivity contribution in [3.63, 3.8) is 0 Å². The van der Waals surface area contributed by atoms with Crippen LogP contribution in [0.25, 0.3) is 6.08 Å². The van der Waals surface area contributed by atoms with Crippen molar-refractivity contribution >= 4 is 6.08 Å². The number of aromatic nitrogens is 2. The number of hydrogen-bond acceptors (Lipinski definition) is 1. The quantitative estimate of drug-likeness (QED) is 0.851. The molecule has 2 nitrogen and oxygen atoms in total. The van der Waals surface area contributed by atoms with Gasteiger partial charge in [-0.1, -0.05) is 18.2 Å². The van der Waals surface area contributed by atoms with Crippen LogP contribution >= 0.6 is 0 Å². The van der Waals surface area contributed by atoms with E-state index in [2.05, 4.69) is 55.0 Å². The summed E-state index contributed by atoms with van der Waals surface area (Å²) in [5.74, 6) is 0. The number of aromatic amines is 1. The molecule has 0 atom stereocenters. The highest BCUT2D eigenvalue weighted by Crippen LogP contribution is 2.18. The lowest BCUT2D eigenvalue weighted by Gasteiger charge is -2.09. The summed E-state index contributed by atoms with van der Waals surface area (Å²) in [6.07, 6.45) is 8.73. The predicted molar refractivity (Wildman–Crippen MR) is 72.0 cm³/mol. The van der Waals surface area contributed by atoms with Crippen LogP contribution in [-0.4, -0.2) is 9.97 Å². The van der Waals surface area contributed by atoms with E-state index in [1.165, 1.54) is 22.3 Å². The molecule has 2 aromatic rings. The summed E-state index contributed by atoms with van der Waals surface area (Å²) in [4.78, 5) is 7.04. The molecule has 1 aromatic carbocycles. The van der Waals surface area contributed by atoms with Gasteiger partial charge in [0.05, 0.1) is 18.2 Å². The second-order valence-electron chi connectivity index (χ2n) is 4.41. The van der Waals surface area contributed by atoms with Gasteiger partial charge >= 0.3 is 0 Å². The van der Waals surface area contributed by atoms with E-state index in [1.807, 2.05) is 6.20 Å². The fourth-order valence-corrected chi connectivity index (χ4v) is 1.90. The zero-order valence-electron chi connectivity index (χ0n) is 10.6. The van der Waals surface area contributed by atoms with Crippen LogP contribution in [0.15, 0.2) is 30.7 Å². The Morgan fingerprint density at radius 3 is 2.71 bits per heavy atom. The first kappa shape index (κ1) is 11.6. The zero-order valence-corrected chi connectivity index (χ0v) is 10.6. The van der Waals surface area contributed by atoms with Crippen molar-refractivity contribution in [3.05, 3.63) is 58.7 Å². The maximum absolute atomic E-state index is 3.98. The first-order valence-corrected chi connectivity index (χ1v) is 5.89. The average Bonchev–Trinajstić information content (AvgIpc) is 2.82. The van der Waals surface area contributed by atoms with Crippen LogP contribution in [0.3, 0.4) is 0 Å². The first-order valence-electron chi connectivity index (χ1n) is 5.89. The third-order valence-electron chi connectivity index (χ3n) is 3.32. The Kier molecular flexibility index (Phi) is 3.43. The van der Waals surface area contributed by atoms with Crippen molar-refractivity contribution < 1.29 is 0 Å². The van der Waals surface area contributed by atoms with Gasteiger partial charge in [-0.25, -0.2) is 4.98 Å². The molecule has 1 aromatic heterocycles. The van der Waals surface area contributed by atoms with E-state index in [-0.39, 0.29) is 0 Å². The number of nitrogens with one attached hydrogen (secondary N) is 1. The van der Waals surface area contributed by atoms with E-state index in [4.69, 9.17) is 0 Å². The van der Waals surface area contributed by atoms with Crippen molar-refractivity contribution in [1.82, 2.24) is 9.97 Å². The Hall–Kier alpha value is -1.83. The van der Waals surface area contributed by atoms with Crippen LogP contribution in [0.1, 0.15) is 27.9 Å². The second-order valence-corrected chi connectivity index (χ2v) is 4.41. The summed E-state index contributed by atoms with van der Waals surface area (Å²) in [5.41, 5.74) is 6.61. The third-order valence-corrected chi connectivity index (χ3v) is 3.32. The number of benzene rings is 1. The third kappa shape index (κ3) is 2.64. The topological polar surface area (TPSA) is 28.7 Å². The Morgan fingerprint density at radius 1 is 1.18 bits per heavy atom. The minimum Gasteiger partial charge on any atom is -0.345 e. The van der Waals surface area contributed by atoms with Gasteiger partial charge < -0.3 is 4.98 Å². The Bertz CT molecular complexity index is 522. The molecule has 1 heterocycles. The van der Waals surface area contributed by atoms with Gasteiger partial charge in [-0.3, -0.25) is 0 Å². The van der Waals surface area contributed by atoms with Crippen molar-refractivity contribution in [2.45, 2.75) is 27.2 Å². The van der Waals surface area contributed by atoms with Crippen LogP contribution < -0.4 is 0 Å². The minimum atomic E-state index is 0.964. The molecular weight excluding hydrogens is 208 g/mol. The standard InChI is InChI=1S/C15H18N2/c1-11-7-8-14(13(3)12(11)2)5-4-6-15-9-16-10-17-15/h4,6-10H,5H2,1-3H3,(H,16,17)/b6-4+. The molecule has 2 rings (SSSR count). The van der Waals surface area contributed by atoms with Crippen LogP contribution in [0.5, 0.6) is 0 Å². The molecule has 0 aliphatic carbocycles. The molecule has 0 amide bonds. The van der Waals surface area contributed by atoms with Crippen LogP contribution in [0.4, 0.5) is 0 Å². The van der Waals surface area contributed by atoms with E-state index < -0.39 is 0 Å². The molecule has 17 heavy (non-hydrogen) atoms. The molecule has 2 heteroatoms. The van der Waals surface area contributed by atoms with Gasteiger partial charge in [-0.15, -0.1) is 0 Å². The number of aryl methyl sites for hydroxylation is 1. The Labute approximate surface area is 102 Å². The summed E-state index contributed by atoms with van der Waals surface area (Å²) in [5, 5.41) is 0. The fourth-order valence-electron chi connectivity index (χ4n) is 1.90. The molecule has 0 aliphatic rings. The van der Waals surface area contributed by atoms with E-state index >= 15 is 0 Å².